The third-order valence-electron chi connectivity index (χ3n) is 5.56. The summed E-state index contributed by atoms with van der Waals surface area (Å²) in [6.45, 7) is 4.61. The Morgan fingerprint density at radius 3 is 2.79 bits per heavy atom. The maximum absolute atomic E-state index is 13.3. The van der Waals surface area contributed by atoms with E-state index in [1.165, 1.54) is 0 Å². The maximum Gasteiger partial charge on any atom is 0.418 e. The van der Waals surface area contributed by atoms with Crippen molar-refractivity contribution >= 4 is 28.4 Å². The second-order valence-electron chi connectivity index (χ2n) is 7.97. The highest BCUT2D eigenvalue weighted by Crippen LogP contribution is 2.38. The number of likely N-dealkylation sites (tertiary alicyclic amines) is 1. The smallest absolute Gasteiger partial charge is 0.418 e. The zero-order valence-electron chi connectivity index (χ0n) is 18.6. The van der Waals surface area contributed by atoms with Gasteiger partial charge in [-0.1, -0.05) is 0 Å². The minimum atomic E-state index is -4.57. The first-order valence-electron chi connectivity index (χ1n) is 10.7. The number of nitrogens with one attached hydrogen (secondary N) is 1. The van der Waals surface area contributed by atoms with Crippen molar-refractivity contribution < 1.29 is 22.7 Å². The van der Waals surface area contributed by atoms with Crippen LogP contribution in [0.25, 0.3) is 0 Å². The fourth-order valence-electron chi connectivity index (χ4n) is 3.69. The lowest BCUT2D eigenvalue weighted by atomic mass is 10.0. The molecule has 0 spiro atoms. The third-order valence-corrected chi connectivity index (χ3v) is 6.21. The molecule has 1 aliphatic rings. The van der Waals surface area contributed by atoms with E-state index in [0.29, 0.717) is 35.5 Å². The van der Waals surface area contributed by atoms with Crippen LogP contribution in [0.3, 0.4) is 0 Å². The van der Waals surface area contributed by atoms with Crippen LogP contribution < -0.4 is 10.1 Å². The van der Waals surface area contributed by atoms with Gasteiger partial charge in [-0.15, -0.1) is 0 Å². The molecule has 0 aromatic carbocycles. The summed E-state index contributed by atoms with van der Waals surface area (Å²) in [5.74, 6) is 1.11. The zero-order chi connectivity index (χ0) is 24.3. The Bertz CT molecular complexity index is 1170. The van der Waals surface area contributed by atoms with Crippen molar-refractivity contribution in [2.45, 2.75) is 45.2 Å². The lowest BCUT2D eigenvalue weighted by molar-refractivity contribution is -0.138. The van der Waals surface area contributed by atoms with Gasteiger partial charge in [0.2, 0.25) is 11.0 Å². The number of pyridine rings is 2. The fourth-order valence-corrected chi connectivity index (χ4v) is 4.34. The predicted molar refractivity (Wildman–Crippen MR) is 120 cm³/mol. The topological polar surface area (TPSA) is 93.1 Å². The Morgan fingerprint density at radius 1 is 1.24 bits per heavy atom. The number of nitrogens with zero attached hydrogens (tertiary/aromatic N) is 5. The van der Waals surface area contributed by atoms with Gasteiger partial charge in [0.05, 0.1) is 11.3 Å². The standard InChI is InChI=1S/C22H23F3N6O2S/c1-13-17(6-3-8-26-13)33-18-11-16(22(23,24)25)12-27-20(18)29-21-28-19(30-34-21)15-5-4-9-31(10-7-15)14(2)32/h3,6,8,11-12,15H,4-5,7,9-10H2,1-2H3,(H,27,28,29,30). The highest BCUT2D eigenvalue weighted by molar-refractivity contribution is 7.09. The number of carbonyl (C=O) groups excluding carboxylic acids is 1. The van der Waals surface area contributed by atoms with Gasteiger partial charge >= 0.3 is 6.18 Å². The van der Waals surface area contributed by atoms with Crippen LogP contribution in [0.15, 0.2) is 30.6 Å². The summed E-state index contributed by atoms with van der Waals surface area (Å²) in [4.78, 5) is 26.1. The minimum absolute atomic E-state index is 0.0546. The molecule has 1 unspecified atom stereocenters. The Balaban J connectivity index is 1.56. The van der Waals surface area contributed by atoms with E-state index < -0.39 is 11.7 Å². The SMILES string of the molecule is CC(=O)N1CCCC(c2nsc(Nc3ncc(C(F)(F)F)cc3Oc3cccnc3C)n2)CC1. The molecule has 4 heterocycles. The molecule has 1 amide bonds. The molecule has 1 aliphatic heterocycles. The molecule has 0 saturated carbocycles. The van der Waals surface area contributed by atoms with Crippen LogP contribution in [0, 0.1) is 6.92 Å². The third kappa shape index (κ3) is 5.61. The van der Waals surface area contributed by atoms with Gasteiger partial charge < -0.3 is 15.0 Å². The van der Waals surface area contributed by atoms with Crippen molar-refractivity contribution in [2.24, 2.45) is 0 Å². The van der Waals surface area contributed by atoms with Crippen molar-refractivity contribution in [3.8, 4) is 11.5 Å². The van der Waals surface area contributed by atoms with Gasteiger partial charge in [0.15, 0.2) is 11.6 Å². The molecule has 1 fully saturated rings. The first-order valence-corrected chi connectivity index (χ1v) is 11.5. The molecular formula is C22H23F3N6O2S. The average molecular weight is 493 g/mol. The summed E-state index contributed by atoms with van der Waals surface area (Å²) in [5, 5.41) is 3.34. The second-order valence-corrected chi connectivity index (χ2v) is 8.73. The Labute approximate surface area is 198 Å². The number of hydrogen-bond acceptors (Lipinski definition) is 8. The molecule has 180 valence electrons. The number of rotatable bonds is 5. The molecule has 34 heavy (non-hydrogen) atoms. The second kappa shape index (κ2) is 9.92. The van der Waals surface area contributed by atoms with E-state index in [2.05, 4.69) is 24.6 Å². The number of carbonyl (C=O) groups is 1. The highest BCUT2D eigenvalue weighted by atomic mass is 32.1. The monoisotopic (exact) mass is 492 g/mol. The lowest BCUT2D eigenvalue weighted by Gasteiger charge is -2.17. The molecule has 8 nitrogen and oxygen atoms in total. The number of anilines is 2. The predicted octanol–water partition coefficient (Wildman–Crippen LogP) is 5.31. The van der Waals surface area contributed by atoms with Gasteiger partial charge in [0.25, 0.3) is 0 Å². The molecule has 0 radical (unpaired) electrons. The van der Waals surface area contributed by atoms with E-state index in [9.17, 15) is 18.0 Å². The summed E-state index contributed by atoms with van der Waals surface area (Å²) in [7, 11) is 0. The van der Waals surface area contributed by atoms with Crippen LogP contribution in [0.5, 0.6) is 11.5 Å². The van der Waals surface area contributed by atoms with Crippen molar-refractivity contribution in [3.63, 3.8) is 0 Å². The number of hydrogen-bond donors (Lipinski definition) is 1. The quantitative estimate of drug-likeness (QED) is 0.516. The Morgan fingerprint density at radius 2 is 2.06 bits per heavy atom. The number of aryl methyl sites for hydroxylation is 1. The molecule has 0 aliphatic carbocycles. The van der Waals surface area contributed by atoms with E-state index in [-0.39, 0.29) is 23.4 Å². The number of ether oxygens (including phenoxy) is 1. The van der Waals surface area contributed by atoms with Crippen molar-refractivity contribution in [1.29, 1.82) is 0 Å². The van der Waals surface area contributed by atoms with Crippen LogP contribution in [0.1, 0.15) is 49.2 Å². The van der Waals surface area contributed by atoms with Gasteiger partial charge in [-0.2, -0.15) is 17.5 Å². The zero-order valence-corrected chi connectivity index (χ0v) is 19.4. The van der Waals surface area contributed by atoms with Crippen LogP contribution in [0.2, 0.25) is 0 Å². The summed E-state index contributed by atoms with van der Waals surface area (Å²) in [5.41, 5.74) is -0.405. The molecule has 1 N–H and O–H groups in total. The highest BCUT2D eigenvalue weighted by Gasteiger charge is 2.32. The number of halogens is 3. The van der Waals surface area contributed by atoms with Gasteiger partial charge in [-0.25, -0.2) is 9.97 Å². The normalized spacial score (nSPS) is 16.7. The van der Waals surface area contributed by atoms with Crippen molar-refractivity contribution in [2.75, 3.05) is 18.4 Å². The fraction of sp³-hybridized carbons (Fsp3) is 0.409. The first-order chi connectivity index (χ1) is 16.2. The largest absolute Gasteiger partial charge is 0.452 e. The maximum atomic E-state index is 13.3. The van der Waals surface area contributed by atoms with Gasteiger partial charge in [-0.05, 0) is 44.4 Å². The number of aromatic nitrogens is 4. The van der Waals surface area contributed by atoms with Crippen LogP contribution in [-0.2, 0) is 11.0 Å². The molecule has 12 heteroatoms. The lowest BCUT2D eigenvalue weighted by Crippen LogP contribution is -2.29. The van der Waals surface area contributed by atoms with E-state index >= 15 is 0 Å². The minimum Gasteiger partial charge on any atom is -0.452 e. The molecule has 1 atom stereocenters. The Kier molecular flexibility index (Phi) is 6.96. The van der Waals surface area contributed by atoms with Crippen LogP contribution >= 0.6 is 11.5 Å². The van der Waals surface area contributed by atoms with Crippen molar-refractivity contribution in [1.82, 2.24) is 24.2 Å². The van der Waals surface area contributed by atoms with Crippen LogP contribution in [-0.4, -0.2) is 43.2 Å². The summed E-state index contributed by atoms with van der Waals surface area (Å²) >= 11 is 1.10. The molecule has 3 aromatic heterocycles. The van der Waals surface area contributed by atoms with E-state index in [1.807, 2.05) is 4.90 Å². The molecule has 0 bridgehead atoms. The first kappa shape index (κ1) is 23.9. The summed E-state index contributed by atoms with van der Waals surface area (Å²) in [6.07, 6.45) is 0.203. The molecule has 4 rings (SSSR count). The Hall–Kier alpha value is -3.28. The summed E-state index contributed by atoms with van der Waals surface area (Å²) < 4.78 is 50.1. The van der Waals surface area contributed by atoms with Crippen LogP contribution in [0.4, 0.5) is 24.1 Å². The summed E-state index contributed by atoms with van der Waals surface area (Å²) in [6, 6.07) is 4.14. The molecular weight excluding hydrogens is 469 g/mol. The van der Waals surface area contributed by atoms with E-state index in [0.717, 1.165) is 43.1 Å². The molecule has 1 saturated heterocycles. The van der Waals surface area contributed by atoms with Crippen molar-refractivity contribution in [3.05, 3.63) is 47.7 Å². The number of alkyl halides is 3. The number of amides is 1. The van der Waals surface area contributed by atoms with Gasteiger partial charge in [0, 0.05) is 49.9 Å². The average Bonchev–Trinajstić information content (AvgIpc) is 3.10. The van der Waals surface area contributed by atoms with Gasteiger partial charge in [-0.3, -0.25) is 9.78 Å². The van der Waals surface area contributed by atoms with E-state index in [1.54, 1.807) is 32.2 Å². The van der Waals surface area contributed by atoms with Gasteiger partial charge in [0.1, 0.15) is 11.6 Å². The van der Waals surface area contributed by atoms with E-state index in [4.69, 9.17) is 4.74 Å². The molecule has 3 aromatic rings.